The molecule has 0 N–H and O–H groups in total. The van der Waals surface area contributed by atoms with Gasteiger partial charge in [-0.15, -0.1) is 0 Å². The molecule has 0 radical (unpaired) electrons. The van der Waals surface area contributed by atoms with Crippen LogP contribution in [0.15, 0.2) is 223 Å². The van der Waals surface area contributed by atoms with Crippen molar-refractivity contribution in [3.8, 4) is 39.1 Å². The van der Waals surface area contributed by atoms with Gasteiger partial charge in [0.2, 0.25) is 0 Å². The highest BCUT2D eigenvalue weighted by atomic mass is 16.3. The minimum Gasteiger partial charge on any atom is -0.454 e. The molecule has 0 fully saturated rings. The maximum atomic E-state index is 6.82. The van der Waals surface area contributed by atoms with Gasteiger partial charge in [-0.3, -0.25) is 0 Å². The van der Waals surface area contributed by atoms with Gasteiger partial charge in [-0.1, -0.05) is 146 Å². The molecule has 0 saturated carbocycles. The quantitative estimate of drug-likeness (QED) is 0.163. The van der Waals surface area contributed by atoms with Crippen LogP contribution in [0.3, 0.4) is 0 Å². The largest absolute Gasteiger partial charge is 0.454 e. The van der Waals surface area contributed by atoms with Crippen LogP contribution in [0.5, 0.6) is 0 Å². The highest BCUT2D eigenvalue weighted by Crippen LogP contribution is 2.46. The van der Waals surface area contributed by atoms with E-state index in [2.05, 4.69) is 222 Å². The zero-order chi connectivity index (χ0) is 37.7. The predicted octanol–water partition coefficient (Wildman–Crippen LogP) is 15.2. The smallest absolute Gasteiger partial charge is 0.159 e. The van der Waals surface area contributed by atoms with Crippen molar-refractivity contribution in [3.63, 3.8) is 0 Å². The number of furan rings is 1. The summed E-state index contributed by atoms with van der Waals surface area (Å²) in [6.07, 6.45) is 0. The minimum atomic E-state index is 0.848. The first kappa shape index (κ1) is 32.8. The van der Waals surface area contributed by atoms with E-state index in [9.17, 15) is 0 Å². The Morgan fingerprint density at radius 3 is 1.47 bits per heavy atom. The van der Waals surface area contributed by atoms with Gasteiger partial charge in [-0.2, -0.15) is 0 Å². The second kappa shape index (κ2) is 13.6. The maximum Gasteiger partial charge on any atom is 0.159 e. The molecule has 268 valence electrons. The summed E-state index contributed by atoms with van der Waals surface area (Å²) in [6, 6.07) is 78.1. The number of nitrogens with zero attached hydrogens (tertiary/aromatic N) is 2. The molecule has 0 bridgehead atoms. The van der Waals surface area contributed by atoms with E-state index in [1.165, 1.54) is 44.1 Å². The molecule has 0 aliphatic carbocycles. The van der Waals surface area contributed by atoms with Gasteiger partial charge in [0.1, 0.15) is 5.58 Å². The Bertz CT molecular complexity index is 3120. The minimum absolute atomic E-state index is 0.848. The lowest BCUT2D eigenvalue weighted by molar-refractivity contribution is 0.669. The van der Waals surface area contributed by atoms with Crippen LogP contribution in [-0.4, -0.2) is 4.57 Å². The van der Waals surface area contributed by atoms with Crippen molar-refractivity contribution in [1.29, 1.82) is 0 Å². The average Bonchev–Trinajstić information content (AvgIpc) is 3.83. The molecule has 2 heterocycles. The molecule has 0 amide bonds. The maximum absolute atomic E-state index is 6.82. The summed E-state index contributed by atoms with van der Waals surface area (Å²) < 4.78 is 9.19. The van der Waals surface area contributed by atoms with Crippen LogP contribution in [0.25, 0.3) is 82.8 Å². The molecule has 0 atom stereocenters. The summed E-state index contributed by atoms with van der Waals surface area (Å²) >= 11 is 0. The Balaban J connectivity index is 1.14. The van der Waals surface area contributed by atoms with Crippen LogP contribution in [0, 0.1) is 0 Å². The summed E-state index contributed by atoms with van der Waals surface area (Å²) in [4.78, 5) is 2.34. The molecule has 0 spiro atoms. The third-order valence-corrected chi connectivity index (χ3v) is 11.2. The van der Waals surface area contributed by atoms with Crippen LogP contribution >= 0.6 is 0 Å². The zero-order valence-corrected chi connectivity index (χ0v) is 31.1. The molecule has 0 aliphatic heterocycles. The zero-order valence-electron chi connectivity index (χ0n) is 31.1. The number of hydrogen-bond acceptors (Lipinski definition) is 2. The van der Waals surface area contributed by atoms with Crippen LogP contribution in [0.4, 0.5) is 17.1 Å². The fourth-order valence-electron chi connectivity index (χ4n) is 8.44. The number of para-hydroxylation sites is 3. The number of aromatic nitrogens is 1. The number of anilines is 3. The van der Waals surface area contributed by atoms with Gasteiger partial charge in [-0.25, -0.2) is 0 Å². The van der Waals surface area contributed by atoms with Gasteiger partial charge in [0.05, 0.1) is 16.7 Å². The van der Waals surface area contributed by atoms with E-state index in [-0.39, 0.29) is 0 Å². The molecule has 11 aromatic rings. The van der Waals surface area contributed by atoms with Crippen molar-refractivity contribution in [2.45, 2.75) is 0 Å². The first-order valence-corrected chi connectivity index (χ1v) is 19.4. The number of rotatable bonds is 7. The van der Waals surface area contributed by atoms with Crippen molar-refractivity contribution < 1.29 is 4.42 Å². The summed E-state index contributed by atoms with van der Waals surface area (Å²) in [5.41, 5.74) is 15.3. The third-order valence-electron chi connectivity index (χ3n) is 11.2. The van der Waals surface area contributed by atoms with E-state index in [0.29, 0.717) is 0 Å². The molecule has 2 aromatic heterocycles. The Hall–Kier alpha value is -7.62. The predicted molar refractivity (Wildman–Crippen MR) is 239 cm³/mol. The molecule has 0 saturated heterocycles. The molecular weight excluding hydrogens is 693 g/mol. The number of fused-ring (bicyclic) bond motifs is 6. The third kappa shape index (κ3) is 5.68. The van der Waals surface area contributed by atoms with E-state index in [1.54, 1.807) is 0 Å². The number of benzene rings is 9. The lowest BCUT2D eigenvalue weighted by Crippen LogP contribution is -2.10. The normalized spacial score (nSPS) is 11.5. The first-order chi connectivity index (χ1) is 28.3. The van der Waals surface area contributed by atoms with Crippen LogP contribution in [0.2, 0.25) is 0 Å². The van der Waals surface area contributed by atoms with Gasteiger partial charge in [0.15, 0.2) is 5.58 Å². The SMILES string of the molecule is c1ccc(-c2ccc(N(c3ccc(-c4ccccc4)cc3)c3cc(-c4ccc5c(c4)c4ccccc4n5-c4ccccc4)cc4c3oc3ccccc34)cc2)cc1. The highest BCUT2D eigenvalue weighted by Gasteiger charge is 2.22. The Labute approximate surface area is 330 Å². The van der Waals surface area contributed by atoms with E-state index in [4.69, 9.17) is 4.42 Å². The molecule has 9 aromatic carbocycles. The topological polar surface area (TPSA) is 21.3 Å². The van der Waals surface area contributed by atoms with Gasteiger partial charge in [-0.05, 0) is 106 Å². The highest BCUT2D eigenvalue weighted by molar-refractivity contribution is 6.14. The Morgan fingerprint density at radius 1 is 0.333 bits per heavy atom. The van der Waals surface area contributed by atoms with E-state index < -0.39 is 0 Å². The summed E-state index contributed by atoms with van der Waals surface area (Å²) in [5, 5.41) is 4.62. The molecule has 3 heteroatoms. The fraction of sp³-hybridized carbons (Fsp3) is 0. The molecular formula is C54H36N2O. The van der Waals surface area contributed by atoms with Crippen molar-refractivity contribution in [3.05, 3.63) is 218 Å². The fourth-order valence-corrected chi connectivity index (χ4v) is 8.44. The van der Waals surface area contributed by atoms with Crippen LogP contribution in [0.1, 0.15) is 0 Å². The lowest BCUT2D eigenvalue weighted by atomic mass is 9.98. The van der Waals surface area contributed by atoms with Gasteiger partial charge in [0, 0.05) is 38.6 Å². The number of hydrogen-bond donors (Lipinski definition) is 0. The summed E-state index contributed by atoms with van der Waals surface area (Å²) in [7, 11) is 0. The molecule has 11 rings (SSSR count). The second-order valence-electron chi connectivity index (χ2n) is 14.6. The molecule has 0 aliphatic rings. The van der Waals surface area contributed by atoms with Gasteiger partial charge >= 0.3 is 0 Å². The van der Waals surface area contributed by atoms with Crippen molar-refractivity contribution in [1.82, 2.24) is 4.57 Å². The lowest BCUT2D eigenvalue weighted by Gasteiger charge is -2.26. The Kier molecular flexibility index (Phi) is 7.82. The van der Waals surface area contributed by atoms with Gasteiger partial charge < -0.3 is 13.9 Å². The monoisotopic (exact) mass is 728 g/mol. The molecule has 3 nitrogen and oxygen atoms in total. The van der Waals surface area contributed by atoms with Crippen molar-refractivity contribution in [2.75, 3.05) is 4.90 Å². The van der Waals surface area contributed by atoms with Gasteiger partial charge in [0.25, 0.3) is 0 Å². The molecule has 0 unspecified atom stereocenters. The van der Waals surface area contributed by atoms with E-state index in [0.717, 1.165) is 55.8 Å². The Morgan fingerprint density at radius 2 is 0.825 bits per heavy atom. The average molecular weight is 729 g/mol. The van der Waals surface area contributed by atoms with Crippen LogP contribution < -0.4 is 4.90 Å². The van der Waals surface area contributed by atoms with E-state index in [1.807, 2.05) is 6.07 Å². The molecule has 57 heavy (non-hydrogen) atoms. The van der Waals surface area contributed by atoms with E-state index >= 15 is 0 Å². The first-order valence-electron chi connectivity index (χ1n) is 19.4. The van der Waals surface area contributed by atoms with Crippen molar-refractivity contribution >= 4 is 60.8 Å². The van der Waals surface area contributed by atoms with Crippen molar-refractivity contribution in [2.24, 2.45) is 0 Å². The summed E-state index contributed by atoms with van der Waals surface area (Å²) in [5.74, 6) is 0. The summed E-state index contributed by atoms with van der Waals surface area (Å²) in [6.45, 7) is 0. The van der Waals surface area contributed by atoms with Crippen LogP contribution in [-0.2, 0) is 0 Å². The second-order valence-corrected chi connectivity index (χ2v) is 14.6. The standard InChI is InChI=1S/C54H36N2O/c1-4-14-37(15-5-1)39-24-29-44(30-25-39)55(45-31-26-40(27-32-45)38-16-6-2-7-17-38)52-36-42(35-49-47-21-11-13-23-53(47)57-54(49)52)41-28-33-51-48(34-41)46-20-10-12-22-50(46)56(51)43-18-8-3-9-19-43/h1-36H.